The van der Waals surface area contributed by atoms with Crippen LogP contribution in [0.3, 0.4) is 0 Å². The molecule has 1 N–H and O–H groups in total. The van der Waals surface area contributed by atoms with Crippen molar-refractivity contribution < 1.29 is 9.63 Å². The van der Waals surface area contributed by atoms with Crippen molar-refractivity contribution in [2.75, 3.05) is 0 Å². The van der Waals surface area contributed by atoms with E-state index in [1.807, 2.05) is 30.3 Å². The second kappa shape index (κ2) is 6.60. The Morgan fingerprint density at radius 3 is 2.84 bits per heavy atom. The van der Waals surface area contributed by atoms with E-state index in [1.54, 1.807) is 7.05 Å². The summed E-state index contributed by atoms with van der Waals surface area (Å²) in [5.41, 5.74) is 3.68. The van der Waals surface area contributed by atoms with E-state index in [9.17, 15) is 4.79 Å². The number of nitrogens with one attached hydrogen (secondary N) is 1. The minimum atomic E-state index is -0.344. The highest BCUT2D eigenvalue weighted by Crippen LogP contribution is 1.98. The quantitative estimate of drug-likeness (QED) is 0.757. The number of aryl methyl sites for hydroxylation is 2. The predicted octanol–water partition coefficient (Wildman–Crippen LogP) is 0.391. The molecule has 19 heavy (non-hydrogen) atoms. The fraction of sp³-hybridized carbons (Fsp3) is 0.333. The van der Waals surface area contributed by atoms with Crippen molar-refractivity contribution in [1.29, 1.82) is 0 Å². The van der Waals surface area contributed by atoms with Crippen molar-refractivity contribution in [3.8, 4) is 0 Å². The summed E-state index contributed by atoms with van der Waals surface area (Å²) in [5.74, 6) is 0.186. The number of hydrogen-bond donors (Lipinski definition) is 1. The van der Waals surface area contributed by atoms with Gasteiger partial charge in [-0.1, -0.05) is 30.3 Å². The van der Waals surface area contributed by atoms with E-state index in [1.165, 1.54) is 4.80 Å². The number of hydroxylamine groups is 1. The Morgan fingerprint density at radius 2 is 2.16 bits per heavy atom. The van der Waals surface area contributed by atoms with Crippen molar-refractivity contribution >= 4 is 5.97 Å². The second-order valence-corrected chi connectivity index (χ2v) is 3.98. The van der Waals surface area contributed by atoms with Gasteiger partial charge in [0.05, 0.1) is 20.0 Å². The van der Waals surface area contributed by atoms with E-state index in [0.717, 1.165) is 5.56 Å². The van der Waals surface area contributed by atoms with Gasteiger partial charge < -0.3 is 4.84 Å². The van der Waals surface area contributed by atoms with E-state index in [2.05, 4.69) is 20.9 Å². The minimum absolute atomic E-state index is 0.216. The van der Waals surface area contributed by atoms with E-state index in [0.29, 0.717) is 18.8 Å². The van der Waals surface area contributed by atoms with Gasteiger partial charge in [-0.25, -0.2) is 0 Å². The second-order valence-electron chi connectivity index (χ2n) is 3.98. The Bertz CT molecular complexity index is 526. The molecule has 0 atom stereocenters. The molecule has 2 aromatic rings. The van der Waals surface area contributed by atoms with Crippen LogP contribution in [-0.4, -0.2) is 26.2 Å². The molecular formula is C12H15N5O2. The third-order valence-corrected chi connectivity index (χ3v) is 2.41. The molecule has 2 rings (SSSR count). The van der Waals surface area contributed by atoms with Crippen LogP contribution in [0.5, 0.6) is 0 Å². The molecule has 0 unspecified atom stereocenters. The van der Waals surface area contributed by atoms with Crippen molar-refractivity contribution in [2.24, 2.45) is 7.05 Å². The Balaban J connectivity index is 1.65. The fourth-order valence-corrected chi connectivity index (χ4v) is 1.48. The number of carbonyl (C=O) groups excluding carboxylic acids is 1. The van der Waals surface area contributed by atoms with Gasteiger partial charge in [-0.05, 0) is 10.8 Å². The van der Waals surface area contributed by atoms with Gasteiger partial charge in [0.1, 0.15) is 0 Å². The maximum absolute atomic E-state index is 11.4. The van der Waals surface area contributed by atoms with E-state index >= 15 is 0 Å². The number of aromatic nitrogens is 4. The summed E-state index contributed by atoms with van der Waals surface area (Å²) in [7, 11) is 1.68. The van der Waals surface area contributed by atoms with Crippen LogP contribution in [0.15, 0.2) is 30.3 Å². The van der Waals surface area contributed by atoms with Gasteiger partial charge >= 0.3 is 5.97 Å². The van der Waals surface area contributed by atoms with Crippen LogP contribution >= 0.6 is 0 Å². The topological polar surface area (TPSA) is 81.9 Å². The summed E-state index contributed by atoms with van der Waals surface area (Å²) in [4.78, 5) is 17.7. The number of nitrogens with zero attached hydrogens (tertiary/aromatic N) is 4. The fourth-order valence-electron chi connectivity index (χ4n) is 1.48. The van der Waals surface area contributed by atoms with Crippen molar-refractivity contribution in [1.82, 2.24) is 25.7 Å². The standard InChI is InChI=1S/C12H15N5O2/c1-17-15-11(14-16-17)7-8-12(18)19-13-9-10-5-3-2-4-6-10/h2-6,13H,7-9H2,1H3. The zero-order valence-electron chi connectivity index (χ0n) is 10.6. The van der Waals surface area contributed by atoms with Crippen molar-refractivity contribution in [3.05, 3.63) is 41.7 Å². The first kappa shape index (κ1) is 13.2. The smallest absolute Gasteiger partial charge is 0.325 e. The summed E-state index contributed by atoms with van der Waals surface area (Å²) in [5, 5.41) is 11.5. The summed E-state index contributed by atoms with van der Waals surface area (Å²) in [6.07, 6.45) is 0.632. The lowest BCUT2D eigenvalue weighted by molar-refractivity contribution is -0.151. The molecule has 0 bridgehead atoms. The third kappa shape index (κ3) is 4.47. The first-order chi connectivity index (χ1) is 9.24. The summed E-state index contributed by atoms with van der Waals surface area (Å²) < 4.78 is 0. The van der Waals surface area contributed by atoms with Crippen LogP contribution in [0.1, 0.15) is 17.8 Å². The molecular weight excluding hydrogens is 246 g/mol. The predicted molar refractivity (Wildman–Crippen MR) is 66.5 cm³/mol. The molecule has 0 fully saturated rings. The largest absolute Gasteiger partial charge is 0.370 e. The molecule has 1 aromatic heterocycles. The van der Waals surface area contributed by atoms with Crippen molar-refractivity contribution in [2.45, 2.75) is 19.4 Å². The number of tetrazole rings is 1. The number of carbonyl (C=O) groups is 1. The highest BCUT2D eigenvalue weighted by Gasteiger charge is 2.07. The van der Waals surface area contributed by atoms with Crippen LogP contribution in [0.4, 0.5) is 0 Å². The molecule has 7 nitrogen and oxygen atoms in total. The minimum Gasteiger partial charge on any atom is -0.370 e. The van der Waals surface area contributed by atoms with Crippen molar-refractivity contribution in [3.63, 3.8) is 0 Å². The zero-order chi connectivity index (χ0) is 13.5. The van der Waals surface area contributed by atoms with E-state index in [-0.39, 0.29) is 12.4 Å². The molecule has 100 valence electrons. The van der Waals surface area contributed by atoms with Gasteiger partial charge in [0.2, 0.25) is 0 Å². The molecule has 1 heterocycles. The monoisotopic (exact) mass is 261 g/mol. The number of rotatable bonds is 6. The van der Waals surface area contributed by atoms with Crippen LogP contribution in [0, 0.1) is 0 Å². The third-order valence-electron chi connectivity index (χ3n) is 2.41. The van der Waals surface area contributed by atoms with Crippen LogP contribution in [0.2, 0.25) is 0 Å². The van der Waals surface area contributed by atoms with Gasteiger partial charge in [0.15, 0.2) is 5.82 Å². The van der Waals surface area contributed by atoms with Gasteiger partial charge in [-0.2, -0.15) is 4.80 Å². The molecule has 0 saturated carbocycles. The number of hydrogen-bond acceptors (Lipinski definition) is 6. The maximum atomic E-state index is 11.4. The molecule has 0 radical (unpaired) electrons. The van der Waals surface area contributed by atoms with Gasteiger partial charge in [0, 0.05) is 6.42 Å². The summed E-state index contributed by atoms with van der Waals surface area (Å²) in [6.45, 7) is 0.482. The Labute approximate surface area is 110 Å². The Morgan fingerprint density at radius 1 is 1.37 bits per heavy atom. The van der Waals surface area contributed by atoms with Gasteiger partial charge in [0.25, 0.3) is 0 Å². The molecule has 0 spiro atoms. The SMILES string of the molecule is Cn1nnc(CCC(=O)ONCc2ccccc2)n1. The Kier molecular flexibility index (Phi) is 4.57. The average Bonchev–Trinajstić information content (AvgIpc) is 2.83. The molecule has 0 saturated heterocycles. The van der Waals surface area contributed by atoms with Crippen LogP contribution in [0.25, 0.3) is 0 Å². The molecule has 0 amide bonds. The lowest BCUT2D eigenvalue weighted by Gasteiger charge is -2.04. The summed E-state index contributed by atoms with van der Waals surface area (Å²) >= 11 is 0. The maximum Gasteiger partial charge on any atom is 0.325 e. The lowest BCUT2D eigenvalue weighted by Crippen LogP contribution is -2.19. The molecule has 7 heteroatoms. The number of benzene rings is 1. The lowest BCUT2D eigenvalue weighted by atomic mass is 10.2. The van der Waals surface area contributed by atoms with Crippen LogP contribution in [-0.2, 0) is 29.6 Å². The first-order valence-electron chi connectivity index (χ1n) is 5.93. The first-order valence-corrected chi connectivity index (χ1v) is 5.93. The summed E-state index contributed by atoms with van der Waals surface area (Å²) in [6, 6.07) is 9.69. The van der Waals surface area contributed by atoms with E-state index in [4.69, 9.17) is 4.84 Å². The highest BCUT2D eigenvalue weighted by molar-refractivity contribution is 5.69. The van der Waals surface area contributed by atoms with Gasteiger partial charge in [-0.3, -0.25) is 4.79 Å². The molecule has 1 aromatic carbocycles. The molecule has 0 aliphatic heterocycles. The average molecular weight is 261 g/mol. The highest BCUT2D eigenvalue weighted by atomic mass is 16.7. The zero-order valence-corrected chi connectivity index (χ0v) is 10.6. The van der Waals surface area contributed by atoms with Crippen LogP contribution < -0.4 is 5.48 Å². The molecule has 0 aliphatic rings. The van der Waals surface area contributed by atoms with E-state index < -0.39 is 0 Å². The Hall–Kier alpha value is -2.28. The van der Waals surface area contributed by atoms with Gasteiger partial charge in [-0.15, -0.1) is 15.7 Å². The normalized spacial score (nSPS) is 10.4. The molecule has 0 aliphatic carbocycles.